The summed E-state index contributed by atoms with van der Waals surface area (Å²) < 4.78 is 17.6. The van der Waals surface area contributed by atoms with Crippen LogP contribution >= 0.6 is 0 Å². The van der Waals surface area contributed by atoms with Gasteiger partial charge in [0.2, 0.25) is 0 Å². The van der Waals surface area contributed by atoms with E-state index in [1.807, 2.05) is 6.07 Å². The lowest BCUT2D eigenvalue weighted by Gasteiger charge is -2.60. The van der Waals surface area contributed by atoms with E-state index in [9.17, 15) is 4.79 Å². The van der Waals surface area contributed by atoms with Crippen LogP contribution in [-0.2, 0) is 19.7 Å². The van der Waals surface area contributed by atoms with Gasteiger partial charge in [-0.25, -0.2) is 0 Å². The van der Waals surface area contributed by atoms with Crippen molar-refractivity contribution in [1.29, 1.82) is 0 Å². The number of esters is 1. The summed E-state index contributed by atoms with van der Waals surface area (Å²) in [6.07, 6.45) is 3.96. The summed E-state index contributed by atoms with van der Waals surface area (Å²) in [5, 5.41) is 3.73. The van der Waals surface area contributed by atoms with Crippen molar-refractivity contribution in [2.45, 2.75) is 43.2 Å². The molecule has 6 nitrogen and oxygen atoms in total. The quantitative estimate of drug-likeness (QED) is 0.638. The molecule has 6 atom stereocenters. The molecule has 0 aromatic heterocycles. The monoisotopic (exact) mass is 368 g/mol. The number of carbonyl (C=O) groups excluding carboxylic acids is 1. The third-order valence-electron chi connectivity index (χ3n) is 7.83. The minimum absolute atomic E-state index is 0.0326. The molecule has 6 unspecified atom stereocenters. The minimum Gasteiger partial charge on any atom is -0.497 e. The molecule has 4 bridgehead atoms. The first-order valence-corrected chi connectivity index (χ1v) is 9.73. The topological polar surface area (TPSA) is 60.0 Å². The Hall–Kier alpha value is -2.05. The maximum atomic E-state index is 13.2. The van der Waals surface area contributed by atoms with Crippen LogP contribution in [0.25, 0.3) is 0 Å². The van der Waals surface area contributed by atoms with E-state index in [1.54, 1.807) is 7.11 Å². The number of carbonyl (C=O) groups is 1. The van der Waals surface area contributed by atoms with E-state index in [4.69, 9.17) is 14.2 Å². The second-order valence-electron chi connectivity index (χ2n) is 8.41. The van der Waals surface area contributed by atoms with Gasteiger partial charge in [-0.2, -0.15) is 0 Å². The van der Waals surface area contributed by atoms with Crippen molar-refractivity contribution in [3.05, 3.63) is 35.4 Å². The second-order valence-corrected chi connectivity index (χ2v) is 8.41. The van der Waals surface area contributed by atoms with Gasteiger partial charge in [-0.05, 0) is 43.0 Å². The number of fused-ring (bicyclic) bond motifs is 4. The highest BCUT2D eigenvalue weighted by atomic mass is 16.6. The number of allylic oxidation sites excluding steroid dienone is 1. The van der Waals surface area contributed by atoms with E-state index in [-0.39, 0.29) is 30.1 Å². The Bertz CT molecular complexity index is 898. The molecule has 6 rings (SSSR count). The van der Waals surface area contributed by atoms with Crippen molar-refractivity contribution in [3.63, 3.8) is 0 Å². The maximum Gasteiger partial charge on any atom is 0.310 e. The molecule has 27 heavy (non-hydrogen) atoms. The van der Waals surface area contributed by atoms with E-state index in [0.29, 0.717) is 0 Å². The van der Waals surface area contributed by atoms with Crippen molar-refractivity contribution in [3.8, 4) is 5.75 Å². The number of rotatable bonds is 2. The molecule has 1 saturated carbocycles. The first-order chi connectivity index (χ1) is 13.1. The number of hydrogen-bond donors (Lipinski definition) is 1. The molecule has 1 aliphatic carbocycles. The van der Waals surface area contributed by atoms with E-state index < -0.39 is 11.1 Å². The van der Waals surface area contributed by atoms with Crippen molar-refractivity contribution in [2.24, 2.45) is 11.8 Å². The van der Waals surface area contributed by atoms with Gasteiger partial charge in [-0.1, -0.05) is 11.6 Å². The zero-order valence-corrected chi connectivity index (χ0v) is 15.8. The Morgan fingerprint density at radius 2 is 2.26 bits per heavy atom. The highest BCUT2D eigenvalue weighted by Crippen LogP contribution is 2.72. The van der Waals surface area contributed by atoms with Crippen LogP contribution in [0.3, 0.4) is 0 Å². The summed E-state index contributed by atoms with van der Waals surface area (Å²) in [7, 11) is 3.19. The summed E-state index contributed by atoms with van der Waals surface area (Å²) in [6.45, 7) is 2.96. The SMILES string of the molecule is CC=C1CN2C3CC45c6cc(OC)ccc6NC4(O3)C2CC1C5C(=O)OC. The molecule has 4 heterocycles. The highest BCUT2D eigenvalue weighted by Gasteiger charge is 2.82. The molecule has 3 saturated heterocycles. The Kier molecular flexibility index (Phi) is 2.87. The van der Waals surface area contributed by atoms with Gasteiger partial charge in [-0.3, -0.25) is 9.69 Å². The molecule has 1 aromatic carbocycles. The van der Waals surface area contributed by atoms with Crippen molar-refractivity contribution in [1.82, 2.24) is 4.90 Å². The van der Waals surface area contributed by atoms with Gasteiger partial charge in [0.05, 0.1) is 31.6 Å². The molecule has 1 spiro atoms. The standard InChI is InChI=1S/C21H24N2O4/c1-4-11-10-23-16-8-13(11)18(19(24)26-3)20-9-17(23)27-21(16,20)22-15-6-5-12(25-2)7-14(15)20/h4-7,13,16-18,22H,8-10H2,1-3H3. The average Bonchev–Trinajstić information content (AvgIpc) is 3.29. The van der Waals surface area contributed by atoms with Gasteiger partial charge in [0, 0.05) is 18.7 Å². The largest absolute Gasteiger partial charge is 0.497 e. The summed E-state index contributed by atoms with van der Waals surface area (Å²) >= 11 is 0. The number of hydrogen-bond acceptors (Lipinski definition) is 6. The lowest BCUT2D eigenvalue weighted by atomic mass is 9.49. The van der Waals surface area contributed by atoms with Crippen LogP contribution < -0.4 is 10.1 Å². The van der Waals surface area contributed by atoms with Gasteiger partial charge in [-0.15, -0.1) is 0 Å². The third kappa shape index (κ3) is 1.53. The van der Waals surface area contributed by atoms with Crippen LogP contribution in [0.2, 0.25) is 0 Å². The zero-order valence-electron chi connectivity index (χ0n) is 15.8. The van der Waals surface area contributed by atoms with Crippen LogP contribution in [0.4, 0.5) is 5.69 Å². The van der Waals surface area contributed by atoms with Crippen molar-refractivity contribution < 1.29 is 19.0 Å². The van der Waals surface area contributed by atoms with E-state index >= 15 is 0 Å². The number of piperidine rings is 2. The maximum absolute atomic E-state index is 13.2. The predicted octanol–water partition coefficient (Wildman–Crippen LogP) is 2.25. The number of ether oxygens (including phenoxy) is 3. The minimum atomic E-state index is -0.555. The number of nitrogens with one attached hydrogen (secondary N) is 1. The lowest BCUT2D eigenvalue weighted by molar-refractivity contribution is -0.161. The fourth-order valence-corrected chi connectivity index (χ4v) is 6.90. The van der Waals surface area contributed by atoms with Gasteiger partial charge < -0.3 is 19.5 Å². The molecule has 6 heteroatoms. The van der Waals surface area contributed by atoms with Crippen LogP contribution in [-0.4, -0.2) is 49.6 Å². The van der Waals surface area contributed by atoms with Crippen LogP contribution in [0.1, 0.15) is 25.3 Å². The second kappa shape index (κ2) is 4.86. The first-order valence-electron chi connectivity index (χ1n) is 9.73. The Morgan fingerprint density at radius 1 is 1.41 bits per heavy atom. The molecular formula is C21H24N2O4. The molecule has 5 aliphatic rings. The lowest BCUT2D eigenvalue weighted by Crippen LogP contribution is -2.73. The number of benzene rings is 1. The molecule has 1 N–H and O–H groups in total. The fourth-order valence-electron chi connectivity index (χ4n) is 6.90. The zero-order chi connectivity index (χ0) is 18.6. The van der Waals surface area contributed by atoms with Gasteiger partial charge in [0.1, 0.15) is 12.0 Å². The molecule has 1 aromatic rings. The summed E-state index contributed by atoms with van der Waals surface area (Å²) in [4.78, 5) is 15.7. The van der Waals surface area contributed by atoms with Crippen molar-refractivity contribution in [2.75, 3.05) is 26.1 Å². The Balaban J connectivity index is 1.65. The predicted molar refractivity (Wildman–Crippen MR) is 98.4 cm³/mol. The summed E-state index contributed by atoms with van der Waals surface area (Å²) in [6, 6.07) is 6.39. The Labute approximate surface area is 158 Å². The van der Waals surface area contributed by atoms with Gasteiger partial charge in [0.25, 0.3) is 0 Å². The molecule has 0 amide bonds. The van der Waals surface area contributed by atoms with Crippen LogP contribution in [0, 0.1) is 11.8 Å². The molecule has 4 fully saturated rings. The fraction of sp³-hybridized carbons (Fsp3) is 0.571. The molecular weight excluding hydrogens is 344 g/mol. The average molecular weight is 368 g/mol. The number of anilines is 1. The van der Waals surface area contributed by atoms with Crippen molar-refractivity contribution >= 4 is 11.7 Å². The highest BCUT2D eigenvalue weighted by molar-refractivity contribution is 5.81. The number of methoxy groups -OCH3 is 2. The molecule has 0 radical (unpaired) electrons. The summed E-state index contributed by atoms with van der Waals surface area (Å²) in [5.41, 5.74) is 2.56. The first kappa shape index (κ1) is 16.0. The van der Waals surface area contributed by atoms with Crippen LogP contribution in [0.5, 0.6) is 5.75 Å². The van der Waals surface area contributed by atoms with Gasteiger partial charge >= 0.3 is 5.97 Å². The normalized spacial score (nSPS) is 44.2. The van der Waals surface area contributed by atoms with E-state index in [1.165, 1.54) is 12.7 Å². The van der Waals surface area contributed by atoms with Crippen LogP contribution in [0.15, 0.2) is 29.8 Å². The molecule has 4 aliphatic heterocycles. The third-order valence-corrected chi connectivity index (χ3v) is 7.83. The number of nitrogens with zero attached hydrogens (tertiary/aromatic N) is 1. The molecule has 142 valence electrons. The van der Waals surface area contributed by atoms with E-state index in [2.05, 4.69) is 35.3 Å². The smallest absolute Gasteiger partial charge is 0.310 e. The Morgan fingerprint density at radius 3 is 3.00 bits per heavy atom. The van der Waals surface area contributed by atoms with E-state index in [0.717, 1.165) is 36.4 Å². The van der Waals surface area contributed by atoms with Gasteiger partial charge in [0.15, 0.2) is 5.72 Å². The summed E-state index contributed by atoms with van der Waals surface area (Å²) in [5.74, 6) is 0.628.